The van der Waals surface area contributed by atoms with Crippen molar-refractivity contribution in [1.82, 2.24) is 5.32 Å². The van der Waals surface area contributed by atoms with Crippen molar-refractivity contribution in [3.8, 4) is 0 Å². The quantitative estimate of drug-likeness (QED) is 0.646. The minimum absolute atomic E-state index is 0.375. The lowest BCUT2D eigenvalue weighted by Crippen LogP contribution is -2.27. The maximum atomic E-state index is 10.5. The van der Waals surface area contributed by atoms with E-state index in [2.05, 4.69) is 17.0 Å². The molecule has 0 spiro atoms. The lowest BCUT2D eigenvalue weighted by atomic mass is 10.1. The van der Waals surface area contributed by atoms with Crippen LogP contribution in [0.3, 0.4) is 0 Å². The molecule has 1 N–H and O–H groups in total. The molecule has 0 aliphatic rings. The highest BCUT2D eigenvalue weighted by molar-refractivity contribution is 5.66. The number of nitrogens with one attached hydrogen (secondary N) is 1. The number of carbonyl (C=O) groups is 1. The van der Waals surface area contributed by atoms with E-state index in [1.807, 2.05) is 6.92 Å². The number of amides is 1. The third kappa shape index (κ3) is 4.18. The molecule has 10 heavy (non-hydrogen) atoms. The average molecular weight is 144 g/mol. The van der Waals surface area contributed by atoms with Gasteiger partial charge in [0.15, 0.2) is 0 Å². The molecule has 1 unspecified atom stereocenters. The van der Waals surface area contributed by atoms with Crippen LogP contribution >= 0.6 is 0 Å². The molecule has 0 aromatic heterocycles. The third-order valence-corrected chi connectivity index (χ3v) is 1.27. The van der Waals surface area contributed by atoms with Gasteiger partial charge >= 0.3 is 6.09 Å². The van der Waals surface area contributed by atoms with Crippen molar-refractivity contribution in [2.45, 2.75) is 13.3 Å². The van der Waals surface area contributed by atoms with Crippen LogP contribution in [-0.4, -0.2) is 19.7 Å². The fourth-order valence-electron chi connectivity index (χ4n) is 0.432. The topological polar surface area (TPSA) is 38.3 Å². The highest BCUT2D eigenvalue weighted by Gasteiger charge is 2.01. The minimum Gasteiger partial charge on any atom is -0.453 e. The van der Waals surface area contributed by atoms with Crippen LogP contribution in [0.5, 0.6) is 0 Å². The van der Waals surface area contributed by atoms with E-state index < -0.39 is 0 Å². The fraction of sp³-hybridized carbons (Fsp3) is 0.714. The second-order valence-corrected chi connectivity index (χ2v) is 2.27. The van der Waals surface area contributed by atoms with Gasteiger partial charge in [-0.3, -0.25) is 0 Å². The van der Waals surface area contributed by atoms with Gasteiger partial charge in [-0.1, -0.05) is 13.8 Å². The Labute approximate surface area is 61.8 Å². The lowest BCUT2D eigenvalue weighted by molar-refractivity contribution is 0.169. The highest BCUT2D eigenvalue weighted by atomic mass is 16.5. The normalized spacial score (nSPS) is 12.3. The second-order valence-electron chi connectivity index (χ2n) is 2.27. The summed E-state index contributed by atoms with van der Waals surface area (Å²) in [4.78, 5) is 10.5. The van der Waals surface area contributed by atoms with Gasteiger partial charge in [-0.05, 0) is 12.3 Å². The molecule has 0 aromatic rings. The third-order valence-electron chi connectivity index (χ3n) is 1.27. The molecule has 3 heteroatoms. The van der Waals surface area contributed by atoms with E-state index >= 15 is 0 Å². The number of carbonyl (C=O) groups excluding carboxylic acids is 1. The summed E-state index contributed by atoms with van der Waals surface area (Å²) in [6, 6.07) is 0. The van der Waals surface area contributed by atoms with Crippen LogP contribution < -0.4 is 5.32 Å². The Morgan fingerprint density at radius 1 is 1.80 bits per heavy atom. The molecular formula is C7H14NO2. The summed E-state index contributed by atoms with van der Waals surface area (Å²) >= 11 is 0. The van der Waals surface area contributed by atoms with Gasteiger partial charge in [0.1, 0.15) is 0 Å². The second kappa shape index (κ2) is 5.09. The van der Waals surface area contributed by atoms with Crippen LogP contribution in [0.15, 0.2) is 0 Å². The molecule has 0 fully saturated rings. The summed E-state index contributed by atoms with van der Waals surface area (Å²) in [5, 5.41) is 2.58. The summed E-state index contributed by atoms with van der Waals surface area (Å²) < 4.78 is 4.37. The number of alkyl carbamates (subject to hydrolysis) is 1. The van der Waals surface area contributed by atoms with Gasteiger partial charge in [0, 0.05) is 6.54 Å². The number of ether oxygens (including phenoxy) is 1. The first-order valence-corrected chi connectivity index (χ1v) is 3.31. The summed E-state index contributed by atoms with van der Waals surface area (Å²) in [5.41, 5.74) is 0. The summed E-state index contributed by atoms with van der Waals surface area (Å²) in [7, 11) is 1.35. The largest absolute Gasteiger partial charge is 0.453 e. The predicted octanol–water partition coefficient (Wildman–Crippen LogP) is 1.20. The maximum absolute atomic E-state index is 10.5. The van der Waals surface area contributed by atoms with Crippen LogP contribution in [-0.2, 0) is 4.74 Å². The molecule has 0 aliphatic carbocycles. The zero-order valence-corrected chi connectivity index (χ0v) is 6.52. The molecule has 3 nitrogen and oxygen atoms in total. The van der Waals surface area contributed by atoms with Crippen LogP contribution in [0.1, 0.15) is 13.3 Å². The fourth-order valence-corrected chi connectivity index (χ4v) is 0.432. The Bertz CT molecular complexity index is 104. The number of methoxy groups -OCH3 is 1. The molecule has 59 valence electrons. The number of rotatable bonds is 3. The first-order chi connectivity index (χ1) is 4.70. The van der Waals surface area contributed by atoms with E-state index in [1.165, 1.54) is 7.11 Å². The van der Waals surface area contributed by atoms with Crippen LogP contribution in [0.2, 0.25) is 0 Å². The van der Waals surface area contributed by atoms with Gasteiger partial charge in [-0.15, -0.1) is 0 Å². The number of hydrogen-bond donors (Lipinski definition) is 1. The van der Waals surface area contributed by atoms with Gasteiger partial charge < -0.3 is 10.1 Å². The van der Waals surface area contributed by atoms with Gasteiger partial charge in [0.2, 0.25) is 0 Å². The Morgan fingerprint density at radius 3 is 2.80 bits per heavy atom. The molecule has 0 heterocycles. The van der Waals surface area contributed by atoms with Gasteiger partial charge in [0.05, 0.1) is 7.11 Å². The minimum atomic E-state index is -0.375. The zero-order chi connectivity index (χ0) is 7.98. The summed E-state index contributed by atoms with van der Waals surface area (Å²) in [6.45, 7) is 6.35. The molecule has 0 saturated heterocycles. The van der Waals surface area contributed by atoms with Crippen molar-refractivity contribution in [3.05, 3.63) is 6.92 Å². The predicted molar refractivity (Wildman–Crippen MR) is 39.5 cm³/mol. The molecular weight excluding hydrogens is 130 g/mol. The van der Waals surface area contributed by atoms with Crippen molar-refractivity contribution >= 4 is 6.09 Å². The Hall–Kier alpha value is -0.730. The monoisotopic (exact) mass is 144 g/mol. The zero-order valence-electron chi connectivity index (χ0n) is 6.52. The molecule has 0 aromatic carbocycles. The van der Waals surface area contributed by atoms with E-state index in [0.29, 0.717) is 12.5 Å². The molecule has 0 aliphatic heterocycles. The van der Waals surface area contributed by atoms with Crippen molar-refractivity contribution < 1.29 is 9.53 Å². The highest BCUT2D eigenvalue weighted by Crippen LogP contribution is 1.96. The van der Waals surface area contributed by atoms with Gasteiger partial charge in [-0.25, -0.2) is 4.79 Å². The molecule has 1 radical (unpaired) electrons. The van der Waals surface area contributed by atoms with E-state index in [1.54, 1.807) is 0 Å². The summed E-state index contributed by atoms with van der Waals surface area (Å²) in [5.74, 6) is 0.416. The Kier molecular flexibility index (Phi) is 4.72. The Morgan fingerprint density at radius 2 is 2.40 bits per heavy atom. The molecule has 1 amide bonds. The van der Waals surface area contributed by atoms with Crippen molar-refractivity contribution in [2.24, 2.45) is 5.92 Å². The molecule has 1 atom stereocenters. The molecule has 0 saturated carbocycles. The van der Waals surface area contributed by atoms with Crippen molar-refractivity contribution in [2.75, 3.05) is 13.7 Å². The number of hydrogen-bond acceptors (Lipinski definition) is 2. The SMILES string of the molecule is [CH2]CC(C)CNC(=O)OC. The first kappa shape index (κ1) is 9.27. The van der Waals surface area contributed by atoms with E-state index in [0.717, 1.165) is 6.42 Å². The molecule has 0 rings (SSSR count). The van der Waals surface area contributed by atoms with Crippen molar-refractivity contribution in [1.29, 1.82) is 0 Å². The smallest absolute Gasteiger partial charge is 0.406 e. The molecule has 0 bridgehead atoms. The summed E-state index contributed by atoms with van der Waals surface area (Å²) in [6.07, 6.45) is 0.449. The lowest BCUT2D eigenvalue weighted by Gasteiger charge is -2.07. The van der Waals surface area contributed by atoms with E-state index in [-0.39, 0.29) is 6.09 Å². The van der Waals surface area contributed by atoms with Crippen LogP contribution in [0, 0.1) is 12.8 Å². The Balaban J connectivity index is 3.26. The van der Waals surface area contributed by atoms with Gasteiger partial charge in [0.25, 0.3) is 0 Å². The standard InChI is InChI=1S/C7H14NO2/c1-4-6(2)5-8-7(9)10-3/h6H,1,4-5H2,2-3H3,(H,8,9). The van der Waals surface area contributed by atoms with Crippen LogP contribution in [0.4, 0.5) is 4.79 Å². The van der Waals surface area contributed by atoms with Crippen LogP contribution in [0.25, 0.3) is 0 Å². The van der Waals surface area contributed by atoms with E-state index in [9.17, 15) is 4.79 Å². The van der Waals surface area contributed by atoms with Gasteiger partial charge in [-0.2, -0.15) is 0 Å². The first-order valence-electron chi connectivity index (χ1n) is 3.31. The van der Waals surface area contributed by atoms with Crippen molar-refractivity contribution in [3.63, 3.8) is 0 Å². The van der Waals surface area contributed by atoms with E-state index in [4.69, 9.17) is 0 Å². The average Bonchev–Trinajstić information content (AvgIpc) is 1.99. The maximum Gasteiger partial charge on any atom is 0.406 e.